The second-order valence-electron chi connectivity index (χ2n) is 4.94. The Hall–Kier alpha value is -1.77. The van der Waals surface area contributed by atoms with E-state index in [1.165, 1.54) is 12.1 Å². The average Bonchev–Trinajstić information content (AvgIpc) is 2.73. The molecule has 0 amide bonds. The first-order valence-electron chi connectivity index (χ1n) is 6.14. The second-order valence-corrected chi connectivity index (χ2v) is 4.94. The predicted molar refractivity (Wildman–Crippen MR) is 69.6 cm³/mol. The first kappa shape index (κ1) is 10.4. The minimum Gasteiger partial charge on any atom is -0.399 e. The summed E-state index contributed by atoms with van der Waals surface area (Å²) in [6, 6.07) is 7.96. The molecular formula is C14H17N3. The van der Waals surface area contributed by atoms with Crippen molar-refractivity contribution >= 4 is 5.69 Å². The zero-order valence-electron chi connectivity index (χ0n) is 10.1. The summed E-state index contributed by atoms with van der Waals surface area (Å²) in [5, 5.41) is 0. The van der Waals surface area contributed by atoms with Gasteiger partial charge in [0.05, 0.1) is 0 Å². The zero-order chi connectivity index (χ0) is 11.8. The van der Waals surface area contributed by atoms with E-state index in [2.05, 4.69) is 16.5 Å². The van der Waals surface area contributed by atoms with Crippen LogP contribution in [0, 0.1) is 5.92 Å². The molecule has 0 bridgehead atoms. The molecule has 0 saturated heterocycles. The molecule has 17 heavy (non-hydrogen) atoms. The van der Waals surface area contributed by atoms with Crippen molar-refractivity contribution in [2.45, 2.75) is 26.3 Å². The first-order chi connectivity index (χ1) is 8.24. The van der Waals surface area contributed by atoms with Crippen LogP contribution >= 0.6 is 0 Å². The van der Waals surface area contributed by atoms with Crippen molar-refractivity contribution < 1.29 is 0 Å². The van der Waals surface area contributed by atoms with E-state index in [1.807, 2.05) is 30.5 Å². The van der Waals surface area contributed by atoms with Crippen molar-refractivity contribution in [3.05, 3.63) is 36.2 Å². The third-order valence-corrected chi connectivity index (χ3v) is 3.51. The van der Waals surface area contributed by atoms with E-state index in [9.17, 15) is 0 Å². The highest BCUT2D eigenvalue weighted by molar-refractivity contribution is 5.59. The predicted octanol–water partition coefficient (Wildman–Crippen LogP) is 2.71. The maximum atomic E-state index is 5.71. The molecule has 3 rings (SSSR count). The number of hydrogen-bond donors (Lipinski definition) is 1. The van der Waals surface area contributed by atoms with Gasteiger partial charge >= 0.3 is 0 Å². The van der Waals surface area contributed by atoms with E-state index >= 15 is 0 Å². The summed E-state index contributed by atoms with van der Waals surface area (Å²) in [7, 11) is 0. The minimum atomic E-state index is 0.776. The molecule has 2 aromatic rings. The Morgan fingerprint density at radius 3 is 2.82 bits per heavy atom. The molecule has 1 aliphatic heterocycles. The van der Waals surface area contributed by atoms with Gasteiger partial charge < -0.3 is 10.3 Å². The van der Waals surface area contributed by atoms with Gasteiger partial charge in [-0.2, -0.15) is 0 Å². The van der Waals surface area contributed by atoms with Crippen LogP contribution in [-0.2, 0) is 13.0 Å². The van der Waals surface area contributed by atoms with Crippen LogP contribution < -0.4 is 5.73 Å². The highest BCUT2D eigenvalue weighted by Gasteiger charge is 2.18. The van der Waals surface area contributed by atoms with Crippen LogP contribution in [0.5, 0.6) is 0 Å². The Bertz CT molecular complexity index is 525. The number of nitrogens with zero attached hydrogens (tertiary/aromatic N) is 2. The standard InChI is InChI=1S/C14H17N3/c1-10-6-7-17-13(8-10)9-16-14(17)11-2-4-12(15)5-3-11/h2-5,9-10H,6-8,15H2,1H3. The maximum Gasteiger partial charge on any atom is 0.140 e. The van der Waals surface area contributed by atoms with Crippen molar-refractivity contribution in [1.29, 1.82) is 0 Å². The highest BCUT2D eigenvalue weighted by Crippen LogP contribution is 2.27. The fraction of sp³-hybridized carbons (Fsp3) is 0.357. The van der Waals surface area contributed by atoms with E-state index in [0.717, 1.165) is 36.0 Å². The summed E-state index contributed by atoms with van der Waals surface area (Å²) in [4.78, 5) is 4.55. The lowest BCUT2D eigenvalue weighted by molar-refractivity contribution is 0.419. The summed E-state index contributed by atoms with van der Waals surface area (Å²) in [6.45, 7) is 3.38. The molecule has 1 aromatic heterocycles. The maximum absolute atomic E-state index is 5.71. The van der Waals surface area contributed by atoms with Gasteiger partial charge in [-0.05, 0) is 43.0 Å². The Kier molecular flexibility index (Phi) is 2.39. The Balaban J connectivity index is 2.02. The van der Waals surface area contributed by atoms with Crippen LogP contribution in [0.2, 0.25) is 0 Å². The van der Waals surface area contributed by atoms with E-state index in [0.29, 0.717) is 0 Å². The van der Waals surface area contributed by atoms with Crippen molar-refractivity contribution in [1.82, 2.24) is 9.55 Å². The molecule has 1 aliphatic rings. The molecule has 1 atom stereocenters. The van der Waals surface area contributed by atoms with Crippen LogP contribution in [0.3, 0.4) is 0 Å². The van der Waals surface area contributed by atoms with Crippen LogP contribution in [-0.4, -0.2) is 9.55 Å². The zero-order valence-corrected chi connectivity index (χ0v) is 10.1. The largest absolute Gasteiger partial charge is 0.399 e. The lowest BCUT2D eigenvalue weighted by Gasteiger charge is -2.21. The van der Waals surface area contributed by atoms with Gasteiger partial charge in [-0.3, -0.25) is 0 Å². The number of nitrogen functional groups attached to an aromatic ring is 1. The number of aromatic nitrogens is 2. The third kappa shape index (κ3) is 1.82. The van der Waals surface area contributed by atoms with Gasteiger partial charge in [0.25, 0.3) is 0 Å². The van der Waals surface area contributed by atoms with Crippen LogP contribution in [0.15, 0.2) is 30.5 Å². The summed E-state index contributed by atoms with van der Waals surface area (Å²) in [5.41, 5.74) is 9.02. The van der Waals surface area contributed by atoms with Crippen LogP contribution in [0.1, 0.15) is 19.0 Å². The van der Waals surface area contributed by atoms with E-state index in [-0.39, 0.29) is 0 Å². The van der Waals surface area contributed by atoms with Crippen LogP contribution in [0.4, 0.5) is 5.69 Å². The van der Waals surface area contributed by atoms with Gasteiger partial charge in [0.15, 0.2) is 0 Å². The minimum absolute atomic E-state index is 0.776. The monoisotopic (exact) mass is 227 g/mol. The van der Waals surface area contributed by atoms with Gasteiger partial charge in [0.1, 0.15) is 5.82 Å². The van der Waals surface area contributed by atoms with Crippen molar-refractivity contribution in [2.24, 2.45) is 5.92 Å². The number of fused-ring (bicyclic) bond motifs is 1. The number of benzene rings is 1. The van der Waals surface area contributed by atoms with E-state index in [4.69, 9.17) is 5.73 Å². The lowest BCUT2D eigenvalue weighted by Crippen LogP contribution is -2.17. The molecule has 3 heteroatoms. The van der Waals surface area contributed by atoms with E-state index in [1.54, 1.807) is 0 Å². The van der Waals surface area contributed by atoms with Gasteiger partial charge in [-0.1, -0.05) is 6.92 Å². The van der Waals surface area contributed by atoms with E-state index < -0.39 is 0 Å². The van der Waals surface area contributed by atoms with Gasteiger partial charge in [0.2, 0.25) is 0 Å². The molecule has 3 nitrogen and oxygen atoms in total. The fourth-order valence-electron chi connectivity index (χ4n) is 2.49. The average molecular weight is 227 g/mol. The first-order valence-corrected chi connectivity index (χ1v) is 6.14. The third-order valence-electron chi connectivity index (χ3n) is 3.51. The fourth-order valence-corrected chi connectivity index (χ4v) is 2.49. The molecule has 2 N–H and O–H groups in total. The molecule has 0 radical (unpaired) electrons. The molecule has 0 aliphatic carbocycles. The van der Waals surface area contributed by atoms with Gasteiger partial charge in [-0.15, -0.1) is 0 Å². The number of imidazole rings is 1. The Morgan fingerprint density at radius 1 is 1.29 bits per heavy atom. The summed E-state index contributed by atoms with van der Waals surface area (Å²) in [5.74, 6) is 1.85. The molecule has 88 valence electrons. The Morgan fingerprint density at radius 2 is 2.06 bits per heavy atom. The van der Waals surface area contributed by atoms with Crippen LogP contribution in [0.25, 0.3) is 11.4 Å². The molecule has 0 fully saturated rings. The summed E-state index contributed by atoms with van der Waals surface area (Å²) >= 11 is 0. The highest BCUT2D eigenvalue weighted by atomic mass is 15.1. The number of hydrogen-bond acceptors (Lipinski definition) is 2. The Labute approximate surface area is 101 Å². The van der Waals surface area contributed by atoms with Gasteiger partial charge in [-0.25, -0.2) is 4.98 Å². The number of rotatable bonds is 1. The smallest absolute Gasteiger partial charge is 0.140 e. The lowest BCUT2D eigenvalue weighted by atomic mass is 9.98. The van der Waals surface area contributed by atoms with Gasteiger partial charge in [0, 0.05) is 29.7 Å². The quantitative estimate of drug-likeness (QED) is 0.761. The van der Waals surface area contributed by atoms with Crippen molar-refractivity contribution in [2.75, 3.05) is 5.73 Å². The number of nitrogens with two attached hydrogens (primary N) is 1. The molecule has 1 aromatic carbocycles. The summed E-state index contributed by atoms with van der Waals surface area (Å²) in [6.07, 6.45) is 4.40. The normalized spacial score (nSPS) is 19.0. The molecule has 0 spiro atoms. The topological polar surface area (TPSA) is 43.8 Å². The summed E-state index contributed by atoms with van der Waals surface area (Å²) < 4.78 is 2.34. The second kappa shape index (κ2) is 3.91. The SMILES string of the molecule is CC1CCn2c(cnc2-c2ccc(N)cc2)C1. The number of anilines is 1. The molecule has 1 unspecified atom stereocenters. The van der Waals surface area contributed by atoms with Crippen molar-refractivity contribution in [3.63, 3.8) is 0 Å². The molecule has 0 saturated carbocycles. The molecular weight excluding hydrogens is 210 g/mol. The van der Waals surface area contributed by atoms with Crippen molar-refractivity contribution in [3.8, 4) is 11.4 Å². The molecule has 2 heterocycles.